The van der Waals surface area contributed by atoms with Crippen molar-refractivity contribution in [2.75, 3.05) is 13.2 Å². The lowest BCUT2D eigenvalue weighted by molar-refractivity contribution is -0.245. The molecule has 0 aromatic carbocycles. The van der Waals surface area contributed by atoms with Crippen LogP contribution in [0.3, 0.4) is 0 Å². The van der Waals surface area contributed by atoms with Gasteiger partial charge in [-0.25, -0.2) is 0 Å². The Hall–Kier alpha value is -0.950. The van der Waals surface area contributed by atoms with E-state index in [0.29, 0.717) is 30.8 Å². The molecule has 5 aliphatic carbocycles. The first-order valence-electron chi connectivity index (χ1n) is 16.8. The predicted molar refractivity (Wildman–Crippen MR) is 157 cm³/mol. The fraction of sp³-hybridized carbons (Fsp3) is 0.914. The van der Waals surface area contributed by atoms with Gasteiger partial charge in [0.1, 0.15) is 0 Å². The monoisotopic (exact) mass is 572 g/mol. The number of hydrogen-bond donors (Lipinski definition) is 3. The molecule has 0 amide bonds. The van der Waals surface area contributed by atoms with Gasteiger partial charge in [-0.15, -0.1) is 0 Å². The smallest absolute Gasteiger partial charge is 0.315 e. The third kappa shape index (κ3) is 3.98. The summed E-state index contributed by atoms with van der Waals surface area (Å²) in [5.74, 6) is 1.58. The van der Waals surface area contributed by atoms with Crippen LogP contribution in [0.1, 0.15) is 112 Å². The van der Waals surface area contributed by atoms with E-state index in [9.17, 15) is 20.1 Å². The van der Waals surface area contributed by atoms with E-state index in [1.807, 2.05) is 6.92 Å². The van der Waals surface area contributed by atoms with E-state index >= 15 is 0 Å². The molecule has 6 aliphatic rings. The molecule has 4 saturated carbocycles. The van der Waals surface area contributed by atoms with Crippen molar-refractivity contribution in [3.63, 3.8) is 0 Å². The van der Waals surface area contributed by atoms with E-state index in [1.165, 1.54) is 5.57 Å². The number of fused-ring (bicyclic) bond motifs is 7. The Labute approximate surface area is 247 Å². The Morgan fingerprint density at radius 2 is 1.76 bits per heavy atom. The van der Waals surface area contributed by atoms with Crippen molar-refractivity contribution in [1.82, 2.24) is 0 Å². The molecule has 4 unspecified atom stereocenters. The van der Waals surface area contributed by atoms with Crippen molar-refractivity contribution in [3.8, 4) is 0 Å². The molecular weight excluding hydrogens is 516 g/mol. The standard InChI is InChI=1S/C35H56O6/c1-21-12-15-35(30(39)41-27-9-7-8-18-40-27)17-16-33(5)23(28(35)22(21)2)10-11-26-31(3)19-24(37)29(38)32(4,20-36)25(31)13-14-34(26,33)6/h10,21-22,24-29,36-38H,7-9,11-20H2,1-6H3/t21-,22+,24-,25?,26?,27?,28?,29+,31+,32+,33-,34-,35+/m1/s1. The lowest BCUT2D eigenvalue weighted by atomic mass is 9.33. The quantitative estimate of drug-likeness (QED) is 0.283. The highest BCUT2D eigenvalue weighted by Crippen LogP contribution is 2.75. The van der Waals surface area contributed by atoms with Crippen molar-refractivity contribution in [2.45, 2.75) is 131 Å². The minimum Gasteiger partial charge on any atom is -0.435 e. The largest absolute Gasteiger partial charge is 0.435 e. The van der Waals surface area contributed by atoms with E-state index in [4.69, 9.17) is 9.47 Å². The zero-order chi connectivity index (χ0) is 29.6. The van der Waals surface area contributed by atoms with E-state index in [1.54, 1.807) is 0 Å². The molecule has 41 heavy (non-hydrogen) atoms. The topological polar surface area (TPSA) is 96.2 Å². The van der Waals surface area contributed by atoms with Crippen molar-refractivity contribution < 1.29 is 29.6 Å². The van der Waals surface area contributed by atoms with Crippen LogP contribution in [-0.2, 0) is 14.3 Å². The lowest BCUT2D eigenvalue weighted by Gasteiger charge is -2.71. The number of ether oxygens (including phenoxy) is 2. The number of hydrogen-bond acceptors (Lipinski definition) is 6. The van der Waals surface area contributed by atoms with Gasteiger partial charge >= 0.3 is 5.97 Å². The highest BCUT2D eigenvalue weighted by atomic mass is 16.7. The SMILES string of the molecule is C[C@@H]1CC[C@]2(C(=O)OC3CCCCO3)CC[C@]3(C)C(=CCC4[C@@]5(C)C[C@@H](O)[C@H](O)[C@@](C)(CO)C5CC[C@]43C)C2[C@H]1C. The molecule has 0 radical (unpaired) electrons. The molecule has 232 valence electrons. The minimum atomic E-state index is -0.903. The van der Waals surface area contributed by atoms with Gasteiger partial charge in [0, 0.05) is 11.8 Å². The molecule has 13 atom stereocenters. The molecule has 1 aliphatic heterocycles. The van der Waals surface area contributed by atoms with Gasteiger partial charge in [-0.3, -0.25) is 4.79 Å². The molecule has 1 heterocycles. The summed E-state index contributed by atoms with van der Waals surface area (Å²) >= 11 is 0. The van der Waals surface area contributed by atoms with Gasteiger partial charge in [-0.1, -0.05) is 53.2 Å². The molecule has 6 rings (SSSR count). The second-order valence-electron chi connectivity index (χ2n) is 16.4. The lowest BCUT2D eigenvalue weighted by Crippen LogP contribution is -2.68. The third-order valence-corrected chi connectivity index (χ3v) is 14.9. The normalized spacial score (nSPS) is 55.0. The number of aliphatic hydroxyl groups is 3. The first-order valence-corrected chi connectivity index (χ1v) is 16.8. The van der Waals surface area contributed by atoms with E-state index in [0.717, 1.165) is 64.2 Å². The summed E-state index contributed by atoms with van der Waals surface area (Å²) in [6.45, 7) is 14.6. The fourth-order valence-electron chi connectivity index (χ4n) is 12.0. The Balaban J connectivity index is 1.39. The zero-order valence-corrected chi connectivity index (χ0v) is 26.5. The second-order valence-corrected chi connectivity index (χ2v) is 16.4. The Morgan fingerprint density at radius 3 is 2.44 bits per heavy atom. The van der Waals surface area contributed by atoms with Crippen LogP contribution in [0.25, 0.3) is 0 Å². The fourth-order valence-corrected chi connectivity index (χ4v) is 12.0. The minimum absolute atomic E-state index is 0.00363. The molecule has 0 aromatic rings. The van der Waals surface area contributed by atoms with Crippen LogP contribution >= 0.6 is 0 Å². The highest BCUT2D eigenvalue weighted by Gasteiger charge is 2.71. The molecule has 1 saturated heterocycles. The number of esters is 1. The Morgan fingerprint density at radius 1 is 1.00 bits per heavy atom. The number of rotatable bonds is 3. The summed E-state index contributed by atoms with van der Waals surface area (Å²) < 4.78 is 12.1. The summed E-state index contributed by atoms with van der Waals surface area (Å²) in [6, 6.07) is 0. The van der Waals surface area contributed by atoms with Gasteiger partial charge < -0.3 is 24.8 Å². The third-order valence-electron chi connectivity index (χ3n) is 14.9. The Kier molecular flexibility index (Phi) is 7.37. The van der Waals surface area contributed by atoms with Gasteiger partial charge in [0.2, 0.25) is 6.29 Å². The number of aliphatic hydroxyl groups excluding tert-OH is 3. The van der Waals surface area contributed by atoms with Gasteiger partial charge in [0.15, 0.2) is 0 Å². The van der Waals surface area contributed by atoms with Gasteiger partial charge in [0.05, 0.1) is 30.8 Å². The average molecular weight is 573 g/mol. The van der Waals surface area contributed by atoms with E-state index in [2.05, 4.69) is 40.7 Å². The van der Waals surface area contributed by atoms with E-state index < -0.39 is 29.3 Å². The summed E-state index contributed by atoms with van der Waals surface area (Å²) in [4.78, 5) is 14.2. The van der Waals surface area contributed by atoms with Crippen molar-refractivity contribution in [1.29, 1.82) is 0 Å². The maximum absolute atomic E-state index is 14.2. The molecule has 6 heteroatoms. The predicted octanol–water partition coefficient (Wildman–Crippen LogP) is 6.02. The summed E-state index contributed by atoms with van der Waals surface area (Å²) in [7, 11) is 0. The van der Waals surface area contributed by atoms with Crippen molar-refractivity contribution >= 4 is 5.97 Å². The van der Waals surface area contributed by atoms with Crippen LogP contribution in [0.2, 0.25) is 0 Å². The molecule has 5 fully saturated rings. The van der Waals surface area contributed by atoms with Crippen LogP contribution in [0.5, 0.6) is 0 Å². The van der Waals surface area contributed by atoms with Crippen LogP contribution < -0.4 is 0 Å². The van der Waals surface area contributed by atoms with Gasteiger partial charge in [0.25, 0.3) is 0 Å². The highest BCUT2D eigenvalue weighted by molar-refractivity contribution is 5.79. The molecule has 6 nitrogen and oxygen atoms in total. The molecule has 0 aromatic heterocycles. The summed E-state index contributed by atoms with van der Waals surface area (Å²) in [5.41, 5.74) is 0.0598. The summed E-state index contributed by atoms with van der Waals surface area (Å²) in [6.07, 6.45) is 10.5. The summed E-state index contributed by atoms with van der Waals surface area (Å²) in [5, 5.41) is 32.7. The zero-order valence-electron chi connectivity index (χ0n) is 26.5. The van der Waals surface area contributed by atoms with Crippen LogP contribution in [0, 0.1) is 56.7 Å². The maximum atomic E-state index is 14.2. The second kappa shape index (κ2) is 10.0. The van der Waals surface area contributed by atoms with Gasteiger partial charge in [-0.2, -0.15) is 0 Å². The molecule has 0 spiro atoms. The van der Waals surface area contributed by atoms with Crippen molar-refractivity contribution in [2.24, 2.45) is 56.7 Å². The van der Waals surface area contributed by atoms with Crippen LogP contribution in [-0.4, -0.2) is 53.0 Å². The van der Waals surface area contributed by atoms with Crippen molar-refractivity contribution in [3.05, 3.63) is 11.6 Å². The number of carbonyl (C=O) groups excluding carboxylic acids is 1. The molecular formula is C35H56O6. The number of allylic oxidation sites excluding steroid dienone is 2. The first-order chi connectivity index (χ1) is 19.3. The maximum Gasteiger partial charge on any atom is 0.315 e. The number of carbonyl (C=O) groups is 1. The van der Waals surface area contributed by atoms with Crippen LogP contribution in [0.4, 0.5) is 0 Å². The van der Waals surface area contributed by atoms with Crippen LogP contribution in [0.15, 0.2) is 11.6 Å². The first kappa shape index (κ1) is 30.1. The average Bonchev–Trinajstić information content (AvgIpc) is 2.94. The molecule has 0 bridgehead atoms. The van der Waals surface area contributed by atoms with Gasteiger partial charge in [-0.05, 0) is 110 Å². The molecule has 3 N–H and O–H groups in total. The Bertz CT molecular complexity index is 1070. The van der Waals surface area contributed by atoms with E-state index in [-0.39, 0.29) is 40.7 Å².